The summed E-state index contributed by atoms with van der Waals surface area (Å²) in [5.41, 5.74) is 2.92. The minimum absolute atomic E-state index is 0.210. The van der Waals surface area contributed by atoms with Gasteiger partial charge < -0.3 is 18.8 Å². The Hall–Kier alpha value is -4.20. The van der Waals surface area contributed by atoms with Crippen molar-refractivity contribution in [2.75, 3.05) is 19.7 Å². The summed E-state index contributed by atoms with van der Waals surface area (Å²) in [5.74, 6) is 0.0969. The van der Waals surface area contributed by atoms with E-state index >= 15 is 0 Å². The fraction of sp³-hybridized carbons (Fsp3) is 0.192. The summed E-state index contributed by atoms with van der Waals surface area (Å²) in [5, 5.41) is 0. The van der Waals surface area contributed by atoms with Crippen LogP contribution in [0.2, 0.25) is 0 Å². The molecule has 1 aliphatic rings. The highest BCUT2D eigenvalue weighted by atomic mass is 19.1. The van der Waals surface area contributed by atoms with Crippen LogP contribution in [-0.4, -0.2) is 44.6 Å². The average molecular weight is 458 g/mol. The van der Waals surface area contributed by atoms with Crippen molar-refractivity contribution in [3.05, 3.63) is 101 Å². The van der Waals surface area contributed by atoms with Crippen LogP contribution in [0, 0.1) is 12.7 Å². The van der Waals surface area contributed by atoms with Crippen molar-refractivity contribution in [2.45, 2.75) is 13.5 Å². The van der Waals surface area contributed by atoms with Gasteiger partial charge >= 0.3 is 0 Å². The van der Waals surface area contributed by atoms with E-state index in [4.69, 9.17) is 4.74 Å². The van der Waals surface area contributed by atoms with E-state index in [0.29, 0.717) is 36.8 Å². The number of ether oxygens (including phenoxy) is 1. The summed E-state index contributed by atoms with van der Waals surface area (Å²) in [7, 11) is 0. The number of carbonyl (C=O) groups excluding carboxylic acids is 1. The molecule has 4 aromatic rings. The van der Waals surface area contributed by atoms with Crippen LogP contribution in [0.4, 0.5) is 4.39 Å². The zero-order valence-corrected chi connectivity index (χ0v) is 18.6. The molecule has 0 spiro atoms. The molecule has 3 heterocycles. The largest absolute Gasteiger partial charge is 0.491 e. The summed E-state index contributed by atoms with van der Waals surface area (Å²) >= 11 is 0. The summed E-state index contributed by atoms with van der Waals surface area (Å²) < 4.78 is 22.8. The third kappa shape index (κ3) is 4.10. The van der Waals surface area contributed by atoms with Crippen LogP contribution in [0.3, 0.4) is 0 Å². The van der Waals surface area contributed by atoms with E-state index in [2.05, 4.69) is 4.98 Å². The van der Waals surface area contributed by atoms with E-state index < -0.39 is 0 Å². The molecule has 1 aliphatic heterocycles. The maximum absolute atomic E-state index is 13.7. The number of pyridine rings is 1. The molecule has 0 unspecified atom stereocenters. The Labute approximate surface area is 195 Å². The second kappa shape index (κ2) is 8.97. The first-order chi connectivity index (χ1) is 16.5. The number of aryl methyl sites for hydroxylation is 1. The first kappa shape index (κ1) is 21.6. The van der Waals surface area contributed by atoms with Crippen molar-refractivity contribution in [3.63, 3.8) is 0 Å². The molecule has 1 amide bonds. The number of hydrogen-bond acceptors (Lipinski definition) is 4. The Morgan fingerprint density at radius 3 is 2.68 bits per heavy atom. The van der Waals surface area contributed by atoms with E-state index in [0.717, 1.165) is 16.8 Å². The average Bonchev–Trinajstić information content (AvgIpc) is 3.27. The molecule has 8 heteroatoms. The number of imidazole rings is 1. The van der Waals surface area contributed by atoms with Crippen LogP contribution < -0.4 is 10.3 Å². The molecular formula is C26H23FN4O3. The van der Waals surface area contributed by atoms with Crippen LogP contribution in [-0.2, 0) is 6.54 Å². The van der Waals surface area contributed by atoms with Gasteiger partial charge in [-0.1, -0.05) is 30.3 Å². The number of benzene rings is 2. The highest BCUT2D eigenvalue weighted by molar-refractivity contribution is 5.93. The number of fused-ring (bicyclic) bond motifs is 1. The molecule has 34 heavy (non-hydrogen) atoms. The van der Waals surface area contributed by atoms with Crippen molar-refractivity contribution in [1.82, 2.24) is 19.0 Å². The van der Waals surface area contributed by atoms with E-state index in [-0.39, 0.29) is 23.9 Å². The lowest BCUT2D eigenvalue weighted by molar-refractivity contribution is 0.0673. The first-order valence-corrected chi connectivity index (χ1v) is 11.0. The molecule has 0 saturated carbocycles. The van der Waals surface area contributed by atoms with E-state index in [9.17, 15) is 14.0 Å². The van der Waals surface area contributed by atoms with Gasteiger partial charge in [0, 0.05) is 24.8 Å². The van der Waals surface area contributed by atoms with E-state index in [1.54, 1.807) is 40.2 Å². The Bertz CT molecular complexity index is 1430. The summed E-state index contributed by atoms with van der Waals surface area (Å²) in [6.07, 6.45) is 3.37. The quantitative estimate of drug-likeness (QED) is 0.442. The molecule has 0 atom stereocenters. The van der Waals surface area contributed by atoms with Crippen molar-refractivity contribution < 1.29 is 13.9 Å². The number of nitrogens with zero attached hydrogens (tertiary/aromatic N) is 4. The van der Waals surface area contributed by atoms with Crippen molar-refractivity contribution in [2.24, 2.45) is 0 Å². The molecule has 172 valence electrons. The monoisotopic (exact) mass is 458 g/mol. The minimum Gasteiger partial charge on any atom is -0.491 e. The van der Waals surface area contributed by atoms with Crippen molar-refractivity contribution in [1.29, 1.82) is 0 Å². The lowest BCUT2D eigenvalue weighted by Crippen LogP contribution is -2.46. The number of amides is 1. The zero-order chi connectivity index (χ0) is 23.7. The number of carbonyl (C=O) groups is 1. The molecule has 0 aliphatic carbocycles. The van der Waals surface area contributed by atoms with Gasteiger partial charge in [0.15, 0.2) is 0 Å². The fourth-order valence-corrected chi connectivity index (χ4v) is 4.18. The van der Waals surface area contributed by atoms with Gasteiger partial charge in [0.05, 0.1) is 18.6 Å². The van der Waals surface area contributed by atoms with Crippen LogP contribution >= 0.6 is 0 Å². The number of halogens is 1. The second-order valence-corrected chi connectivity index (χ2v) is 8.13. The minimum atomic E-state index is -0.313. The fourth-order valence-electron chi connectivity index (χ4n) is 4.18. The maximum Gasteiger partial charge on any atom is 0.275 e. The van der Waals surface area contributed by atoms with Gasteiger partial charge in [-0.25, -0.2) is 9.37 Å². The van der Waals surface area contributed by atoms with Crippen molar-refractivity contribution in [3.8, 4) is 22.6 Å². The molecule has 5 rings (SSSR count). The SMILES string of the molecule is Cc1cn(-c2ccc3n(c2=O)CCN(CCOc2ccccc2-c2cccc(F)c2)C3=O)cn1. The van der Waals surface area contributed by atoms with Crippen LogP contribution in [0.5, 0.6) is 5.75 Å². The number of para-hydroxylation sites is 1. The summed E-state index contributed by atoms with van der Waals surface area (Å²) in [6, 6.07) is 17.1. The summed E-state index contributed by atoms with van der Waals surface area (Å²) in [4.78, 5) is 31.9. The molecule has 0 bridgehead atoms. The van der Waals surface area contributed by atoms with Gasteiger partial charge in [-0.2, -0.15) is 0 Å². The normalized spacial score (nSPS) is 13.1. The van der Waals surface area contributed by atoms with Crippen LogP contribution in [0.1, 0.15) is 16.2 Å². The third-order valence-corrected chi connectivity index (χ3v) is 5.89. The lowest BCUT2D eigenvalue weighted by Gasteiger charge is -2.29. The zero-order valence-electron chi connectivity index (χ0n) is 18.6. The van der Waals surface area contributed by atoms with Crippen LogP contribution in [0.25, 0.3) is 16.8 Å². The number of aromatic nitrogens is 3. The molecule has 2 aromatic heterocycles. The Balaban J connectivity index is 1.29. The molecule has 2 aromatic carbocycles. The third-order valence-electron chi connectivity index (χ3n) is 5.89. The van der Waals surface area contributed by atoms with Gasteiger partial charge in [-0.3, -0.25) is 9.59 Å². The van der Waals surface area contributed by atoms with Gasteiger partial charge in [0.2, 0.25) is 0 Å². The predicted octanol–water partition coefficient (Wildman–Crippen LogP) is 3.68. The predicted molar refractivity (Wildman–Crippen MR) is 126 cm³/mol. The smallest absolute Gasteiger partial charge is 0.275 e. The second-order valence-electron chi connectivity index (χ2n) is 8.13. The van der Waals surface area contributed by atoms with Crippen molar-refractivity contribution >= 4 is 5.91 Å². The van der Waals surface area contributed by atoms with E-state index in [1.165, 1.54) is 16.7 Å². The summed E-state index contributed by atoms with van der Waals surface area (Å²) in [6.45, 7) is 3.31. The van der Waals surface area contributed by atoms with E-state index in [1.807, 2.05) is 37.3 Å². The van der Waals surface area contributed by atoms with Gasteiger partial charge in [0.1, 0.15) is 29.6 Å². The number of hydrogen-bond donors (Lipinski definition) is 0. The van der Waals surface area contributed by atoms with Gasteiger partial charge in [-0.15, -0.1) is 0 Å². The Kier molecular flexibility index (Phi) is 5.71. The molecule has 0 N–H and O–H groups in total. The highest BCUT2D eigenvalue weighted by Crippen LogP contribution is 2.30. The molecule has 7 nitrogen and oxygen atoms in total. The van der Waals surface area contributed by atoms with Gasteiger partial charge in [-0.05, 0) is 42.8 Å². The Morgan fingerprint density at radius 1 is 1.03 bits per heavy atom. The molecular weight excluding hydrogens is 435 g/mol. The van der Waals surface area contributed by atoms with Crippen LogP contribution in [0.15, 0.2) is 78.0 Å². The first-order valence-electron chi connectivity index (χ1n) is 11.0. The number of rotatable bonds is 6. The molecule has 0 saturated heterocycles. The van der Waals surface area contributed by atoms with Gasteiger partial charge in [0.25, 0.3) is 11.5 Å². The topological polar surface area (TPSA) is 69.4 Å². The Morgan fingerprint density at radius 2 is 1.88 bits per heavy atom. The highest BCUT2D eigenvalue weighted by Gasteiger charge is 2.26. The molecule has 0 radical (unpaired) electrons. The standard InChI is InChI=1S/C26H23FN4O3/c1-18-16-30(17-28-18)22-9-10-23-25(32)29(11-12-31(23)26(22)33)13-14-34-24-8-3-2-7-21(24)19-5-4-6-20(27)15-19/h2-10,15-17H,11-14H2,1H3. The lowest BCUT2D eigenvalue weighted by atomic mass is 10.0. The molecule has 0 fully saturated rings. The maximum atomic E-state index is 13.7.